The molecule has 16 heavy (non-hydrogen) atoms. The Morgan fingerprint density at radius 2 is 2.06 bits per heavy atom. The SMILES string of the molecule is CC1CC(NC(=O)C2NCCCC2(C)C)C1. The Kier molecular flexibility index (Phi) is 3.24. The number of rotatable bonds is 2. The Bertz CT molecular complexity index is 269. The number of hydrogen-bond donors (Lipinski definition) is 2. The van der Waals surface area contributed by atoms with Crippen LogP contribution in [-0.4, -0.2) is 24.5 Å². The smallest absolute Gasteiger partial charge is 0.237 e. The molecule has 92 valence electrons. The topological polar surface area (TPSA) is 41.1 Å². The van der Waals surface area contributed by atoms with Gasteiger partial charge in [-0.05, 0) is 43.6 Å². The molecule has 2 N–H and O–H groups in total. The van der Waals surface area contributed by atoms with Crippen molar-refractivity contribution in [1.29, 1.82) is 0 Å². The van der Waals surface area contributed by atoms with Crippen LogP contribution in [0.25, 0.3) is 0 Å². The van der Waals surface area contributed by atoms with E-state index in [0.29, 0.717) is 6.04 Å². The molecule has 3 nitrogen and oxygen atoms in total. The zero-order valence-electron chi connectivity index (χ0n) is 10.7. The highest BCUT2D eigenvalue weighted by Crippen LogP contribution is 2.31. The van der Waals surface area contributed by atoms with Gasteiger partial charge in [0.15, 0.2) is 0 Å². The highest BCUT2D eigenvalue weighted by molar-refractivity contribution is 5.83. The molecule has 1 aliphatic heterocycles. The molecule has 1 saturated heterocycles. The average molecular weight is 224 g/mol. The van der Waals surface area contributed by atoms with Gasteiger partial charge in [0.1, 0.15) is 0 Å². The predicted octanol–water partition coefficient (Wildman–Crippen LogP) is 1.68. The second-order valence-electron chi connectivity index (χ2n) is 6.26. The van der Waals surface area contributed by atoms with E-state index in [9.17, 15) is 4.79 Å². The van der Waals surface area contributed by atoms with Crippen molar-refractivity contribution in [2.45, 2.75) is 58.5 Å². The summed E-state index contributed by atoms with van der Waals surface area (Å²) in [6, 6.07) is 0.430. The molecule has 2 rings (SSSR count). The molecule has 0 aromatic heterocycles. The second kappa shape index (κ2) is 4.36. The maximum Gasteiger partial charge on any atom is 0.237 e. The van der Waals surface area contributed by atoms with E-state index in [4.69, 9.17) is 0 Å². The molecule has 3 heteroatoms. The summed E-state index contributed by atoms with van der Waals surface area (Å²) >= 11 is 0. The van der Waals surface area contributed by atoms with E-state index >= 15 is 0 Å². The normalized spacial score (nSPS) is 37.6. The van der Waals surface area contributed by atoms with E-state index in [0.717, 1.165) is 31.7 Å². The number of piperidine rings is 1. The van der Waals surface area contributed by atoms with Gasteiger partial charge < -0.3 is 10.6 Å². The van der Waals surface area contributed by atoms with Crippen molar-refractivity contribution in [3.63, 3.8) is 0 Å². The number of nitrogens with one attached hydrogen (secondary N) is 2. The van der Waals surface area contributed by atoms with Gasteiger partial charge in [-0.2, -0.15) is 0 Å². The van der Waals surface area contributed by atoms with Crippen molar-refractivity contribution < 1.29 is 4.79 Å². The number of amides is 1. The minimum absolute atomic E-state index is 0.00263. The third-order valence-corrected chi connectivity index (χ3v) is 4.11. The van der Waals surface area contributed by atoms with Gasteiger partial charge in [0.25, 0.3) is 0 Å². The number of carbonyl (C=O) groups is 1. The molecule has 1 atom stereocenters. The molecular weight excluding hydrogens is 200 g/mol. The van der Waals surface area contributed by atoms with Crippen LogP contribution < -0.4 is 10.6 Å². The van der Waals surface area contributed by atoms with Crippen LogP contribution in [0.1, 0.15) is 46.5 Å². The monoisotopic (exact) mass is 224 g/mol. The first-order chi connectivity index (χ1) is 7.49. The van der Waals surface area contributed by atoms with Crippen LogP contribution in [0, 0.1) is 11.3 Å². The van der Waals surface area contributed by atoms with Crippen LogP contribution in [0.3, 0.4) is 0 Å². The van der Waals surface area contributed by atoms with E-state index in [2.05, 4.69) is 31.4 Å². The van der Waals surface area contributed by atoms with Crippen LogP contribution in [0.4, 0.5) is 0 Å². The molecule has 0 bridgehead atoms. The standard InChI is InChI=1S/C13H24N2O/c1-9-7-10(8-9)15-12(16)11-13(2,3)5-4-6-14-11/h9-11,14H,4-8H2,1-3H3,(H,15,16). The quantitative estimate of drug-likeness (QED) is 0.749. The molecule has 2 fully saturated rings. The van der Waals surface area contributed by atoms with Crippen molar-refractivity contribution in [2.75, 3.05) is 6.54 Å². The Hall–Kier alpha value is -0.570. The summed E-state index contributed by atoms with van der Waals surface area (Å²) in [5.41, 5.74) is 0.0949. The first-order valence-electron chi connectivity index (χ1n) is 6.53. The summed E-state index contributed by atoms with van der Waals surface area (Å²) < 4.78 is 0. The number of carbonyl (C=O) groups excluding carboxylic acids is 1. The lowest BCUT2D eigenvalue weighted by atomic mass is 9.76. The number of hydrogen-bond acceptors (Lipinski definition) is 2. The first kappa shape index (κ1) is 11.9. The van der Waals surface area contributed by atoms with E-state index in [1.54, 1.807) is 0 Å². The Balaban J connectivity index is 1.88. The molecule has 1 unspecified atom stereocenters. The predicted molar refractivity (Wildman–Crippen MR) is 65.1 cm³/mol. The van der Waals surface area contributed by atoms with Gasteiger partial charge in [0.2, 0.25) is 5.91 Å². The second-order valence-corrected chi connectivity index (χ2v) is 6.26. The lowest BCUT2D eigenvalue weighted by Crippen LogP contribution is -2.58. The van der Waals surface area contributed by atoms with Crippen LogP contribution in [0.5, 0.6) is 0 Å². The zero-order chi connectivity index (χ0) is 11.8. The fourth-order valence-corrected chi connectivity index (χ4v) is 2.96. The zero-order valence-corrected chi connectivity index (χ0v) is 10.7. The summed E-state index contributed by atoms with van der Waals surface area (Å²) in [5, 5.41) is 6.53. The molecule has 2 aliphatic rings. The Labute approximate surface area is 98.4 Å². The fraction of sp³-hybridized carbons (Fsp3) is 0.923. The van der Waals surface area contributed by atoms with Crippen LogP contribution in [0.15, 0.2) is 0 Å². The van der Waals surface area contributed by atoms with Gasteiger partial charge in [-0.25, -0.2) is 0 Å². The van der Waals surface area contributed by atoms with Crippen molar-refractivity contribution in [3.05, 3.63) is 0 Å². The van der Waals surface area contributed by atoms with Crippen LogP contribution >= 0.6 is 0 Å². The largest absolute Gasteiger partial charge is 0.352 e. The van der Waals surface area contributed by atoms with Crippen molar-refractivity contribution in [1.82, 2.24) is 10.6 Å². The average Bonchev–Trinajstić information content (AvgIpc) is 2.14. The summed E-state index contributed by atoms with van der Waals surface area (Å²) in [4.78, 5) is 12.1. The van der Waals surface area contributed by atoms with Gasteiger partial charge in [0.05, 0.1) is 6.04 Å². The minimum atomic E-state index is -0.00263. The summed E-state index contributed by atoms with van der Waals surface area (Å²) in [6.45, 7) is 7.59. The molecular formula is C13H24N2O. The minimum Gasteiger partial charge on any atom is -0.352 e. The van der Waals surface area contributed by atoms with E-state index in [-0.39, 0.29) is 17.4 Å². The molecule has 1 saturated carbocycles. The van der Waals surface area contributed by atoms with Crippen molar-refractivity contribution in [2.24, 2.45) is 11.3 Å². The fourth-order valence-electron chi connectivity index (χ4n) is 2.96. The van der Waals surface area contributed by atoms with Gasteiger partial charge >= 0.3 is 0 Å². The summed E-state index contributed by atoms with van der Waals surface area (Å²) in [5.74, 6) is 0.999. The molecule has 0 aromatic carbocycles. The first-order valence-corrected chi connectivity index (χ1v) is 6.53. The molecule has 0 radical (unpaired) electrons. The maximum atomic E-state index is 12.1. The molecule has 1 aliphatic carbocycles. The van der Waals surface area contributed by atoms with E-state index in [1.807, 2.05) is 0 Å². The van der Waals surface area contributed by atoms with Gasteiger partial charge in [-0.3, -0.25) is 4.79 Å². The molecule has 1 heterocycles. The summed E-state index contributed by atoms with van der Waals surface area (Å²) in [7, 11) is 0. The molecule has 1 amide bonds. The third kappa shape index (κ3) is 2.40. The van der Waals surface area contributed by atoms with Gasteiger partial charge in [-0.1, -0.05) is 20.8 Å². The lowest BCUT2D eigenvalue weighted by Gasteiger charge is -2.41. The summed E-state index contributed by atoms with van der Waals surface area (Å²) in [6.07, 6.45) is 4.62. The van der Waals surface area contributed by atoms with E-state index < -0.39 is 0 Å². The van der Waals surface area contributed by atoms with Crippen molar-refractivity contribution >= 4 is 5.91 Å². The van der Waals surface area contributed by atoms with Crippen LogP contribution in [-0.2, 0) is 4.79 Å². The lowest BCUT2D eigenvalue weighted by molar-refractivity contribution is -0.128. The van der Waals surface area contributed by atoms with Crippen LogP contribution in [0.2, 0.25) is 0 Å². The highest BCUT2D eigenvalue weighted by Gasteiger charge is 2.38. The highest BCUT2D eigenvalue weighted by atomic mass is 16.2. The third-order valence-electron chi connectivity index (χ3n) is 4.11. The van der Waals surface area contributed by atoms with E-state index in [1.165, 1.54) is 6.42 Å². The Morgan fingerprint density at radius 3 is 2.62 bits per heavy atom. The van der Waals surface area contributed by atoms with Gasteiger partial charge in [0, 0.05) is 6.04 Å². The Morgan fingerprint density at radius 1 is 1.38 bits per heavy atom. The van der Waals surface area contributed by atoms with Gasteiger partial charge in [-0.15, -0.1) is 0 Å². The molecule has 0 spiro atoms. The maximum absolute atomic E-state index is 12.1. The van der Waals surface area contributed by atoms with Crippen molar-refractivity contribution in [3.8, 4) is 0 Å². The molecule has 0 aromatic rings.